The summed E-state index contributed by atoms with van der Waals surface area (Å²) < 4.78 is 0. The van der Waals surface area contributed by atoms with E-state index in [9.17, 15) is 14.7 Å². The number of hydrogen-bond acceptors (Lipinski definition) is 6. The molecule has 35 heavy (non-hydrogen) atoms. The number of rotatable bonds is 7. The third-order valence-corrected chi connectivity index (χ3v) is 7.56. The van der Waals surface area contributed by atoms with Crippen molar-refractivity contribution in [2.75, 3.05) is 26.7 Å². The Morgan fingerprint density at radius 2 is 1.86 bits per heavy atom. The number of nitrogens with one attached hydrogen (secondary N) is 2. The van der Waals surface area contributed by atoms with Crippen LogP contribution in [0.3, 0.4) is 0 Å². The van der Waals surface area contributed by atoms with Crippen LogP contribution in [0.1, 0.15) is 56.9 Å². The van der Waals surface area contributed by atoms with Gasteiger partial charge in [-0.25, -0.2) is 4.99 Å². The Kier molecular flexibility index (Phi) is 8.00. The molecule has 0 bridgehead atoms. The molecule has 4 rings (SSSR count). The fourth-order valence-electron chi connectivity index (χ4n) is 5.41. The lowest BCUT2D eigenvalue weighted by molar-refractivity contribution is -0.137. The van der Waals surface area contributed by atoms with Gasteiger partial charge in [0.05, 0.1) is 18.5 Å². The van der Waals surface area contributed by atoms with Crippen molar-refractivity contribution < 1.29 is 14.7 Å². The van der Waals surface area contributed by atoms with Gasteiger partial charge < -0.3 is 15.3 Å². The molecule has 3 aliphatic rings. The molecule has 0 radical (unpaired) electrons. The Morgan fingerprint density at radius 3 is 2.51 bits per heavy atom. The average molecular weight is 480 g/mol. The summed E-state index contributed by atoms with van der Waals surface area (Å²) in [7, 11) is 1.83. The minimum atomic E-state index is -1.10. The topological polar surface area (TPSA) is 109 Å². The van der Waals surface area contributed by atoms with Crippen LogP contribution in [0.5, 0.6) is 0 Å². The largest absolute Gasteiger partial charge is 0.389 e. The Balaban J connectivity index is 1.34. The summed E-state index contributed by atoms with van der Waals surface area (Å²) in [6.07, 6.45) is 9.01. The monoisotopic (exact) mass is 479 g/mol. The van der Waals surface area contributed by atoms with Gasteiger partial charge in [-0.1, -0.05) is 49.6 Å². The van der Waals surface area contributed by atoms with Gasteiger partial charge in [0.25, 0.3) is 5.91 Å². The number of allylic oxidation sites excluding steroid dienone is 1. The smallest absolute Gasteiger partial charge is 0.279 e. The van der Waals surface area contributed by atoms with Crippen molar-refractivity contribution in [2.45, 2.75) is 63.4 Å². The second-order valence-corrected chi connectivity index (χ2v) is 9.99. The van der Waals surface area contributed by atoms with Crippen LogP contribution in [0.2, 0.25) is 0 Å². The maximum absolute atomic E-state index is 13.0. The van der Waals surface area contributed by atoms with Gasteiger partial charge >= 0.3 is 0 Å². The zero-order valence-electron chi connectivity index (χ0n) is 20.6. The van der Waals surface area contributed by atoms with E-state index in [0.29, 0.717) is 50.4 Å². The van der Waals surface area contributed by atoms with Crippen molar-refractivity contribution >= 4 is 23.9 Å². The van der Waals surface area contributed by atoms with E-state index in [0.717, 1.165) is 36.9 Å². The third kappa shape index (κ3) is 5.99. The molecule has 1 aliphatic carbocycles. The van der Waals surface area contributed by atoms with E-state index in [-0.39, 0.29) is 18.2 Å². The maximum Gasteiger partial charge on any atom is 0.279 e. The van der Waals surface area contributed by atoms with E-state index in [2.05, 4.69) is 10.3 Å². The SMILES string of the molecule is CN/C(=C1/N=CN(CC2(O)CCN(C(=O)CCc3ccccc3)CC2)C(=O)C1=N)C1CCCCC1. The predicted molar refractivity (Wildman–Crippen MR) is 136 cm³/mol. The molecule has 2 fully saturated rings. The number of hydrogen-bond donors (Lipinski definition) is 3. The zero-order chi connectivity index (χ0) is 24.8. The molecule has 2 amide bonds. The maximum atomic E-state index is 13.0. The molecule has 188 valence electrons. The molecule has 1 aromatic rings. The standard InChI is InChI=1S/C27H37N5O3/c1-29-24(21-10-6-3-7-11-21)25-23(28)26(34)32(19-30-25)18-27(35)14-16-31(17-15-27)22(33)13-12-20-8-4-2-5-9-20/h2,4-5,8-9,19,21,28-29,35H,3,6-7,10-18H2,1H3/b25-24+,28-23?. The summed E-state index contributed by atoms with van der Waals surface area (Å²) >= 11 is 0. The first-order valence-corrected chi connectivity index (χ1v) is 12.8. The quantitative estimate of drug-likeness (QED) is 0.559. The summed E-state index contributed by atoms with van der Waals surface area (Å²) in [6, 6.07) is 9.95. The zero-order valence-corrected chi connectivity index (χ0v) is 20.6. The summed E-state index contributed by atoms with van der Waals surface area (Å²) in [5.74, 6) is -0.0488. The van der Waals surface area contributed by atoms with E-state index in [1.165, 1.54) is 17.7 Å². The van der Waals surface area contributed by atoms with Crippen LogP contribution in [-0.2, 0) is 16.0 Å². The summed E-state index contributed by atoms with van der Waals surface area (Å²) in [5, 5.41) is 22.9. The highest BCUT2D eigenvalue weighted by molar-refractivity contribution is 6.46. The lowest BCUT2D eigenvalue weighted by Crippen LogP contribution is -2.54. The first-order chi connectivity index (χ1) is 16.9. The second-order valence-electron chi connectivity index (χ2n) is 9.99. The molecular formula is C27H37N5O3. The minimum Gasteiger partial charge on any atom is -0.389 e. The van der Waals surface area contributed by atoms with E-state index < -0.39 is 11.5 Å². The number of aliphatic hydroxyl groups is 1. The van der Waals surface area contributed by atoms with Gasteiger partial charge in [-0.2, -0.15) is 0 Å². The molecule has 3 N–H and O–H groups in total. The van der Waals surface area contributed by atoms with Crippen molar-refractivity contribution in [1.82, 2.24) is 15.1 Å². The van der Waals surface area contributed by atoms with Gasteiger partial charge in [-0.15, -0.1) is 0 Å². The summed E-state index contributed by atoms with van der Waals surface area (Å²) in [6.45, 7) is 0.990. The van der Waals surface area contributed by atoms with Gasteiger partial charge in [0.15, 0.2) is 0 Å². The highest BCUT2D eigenvalue weighted by atomic mass is 16.3. The molecule has 8 nitrogen and oxygen atoms in total. The van der Waals surface area contributed by atoms with Crippen molar-refractivity contribution in [3.63, 3.8) is 0 Å². The number of nitrogens with zero attached hydrogens (tertiary/aromatic N) is 3. The molecule has 0 unspecified atom stereocenters. The molecule has 0 atom stereocenters. The Labute approximate surface area is 207 Å². The molecule has 2 aliphatic heterocycles. The van der Waals surface area contributed by atoms with E-state index in [4.69, 9.17) is 5.41 Å². The summed E-state index contributed by atoms with van der Waals surface area (Å²) in [5.41, 5.74) is 1.21. The van der Waals surface area contributed by atoms with Crippen LogP contribution in [0, 0.1) is 11.3 Å². The lowest BCUT2D eigenvalue weighted by Gasteiger charge is -2.40. The predicted octanol–water partition coefficient (Wildman–Crippen LogP) is 2.87. The molecule has 1 saturated carbocycles. The number of aliphatic imine (C=N–C) groups is 1. The van der Waals surface area contributed by atoms with Crippen LogP contribution >= 0.6 is 0 Å². The van der Waals surface area contributed by atoms with Gasteiger partial charge in [-0.3, -0.25) is 19.9 Å². The first kappa shape index (κ1) is 25.1. The first-order valence-electron chi connectivity index (χ1n) is 12.8. The normalized spacial score (nSPS) is 22.3. The number of β-amino-alcohol motifs (C(OH)–C–C–N with tert-alkyl or cyclic N) is 1. The highest BCUT2D eigenvalue weighted by Crippen LogP contribution is 2.32. The molecule has 8 heteroatoms. The third-order valence-electron chi connectivity index (χ3n) is 7.56. The number of aryl methyl sites for hydroxylation is 1. The van der Waals surface area contributed by atoms with Crippen LogP contribution in [0.25, 0.3) is 0 Å². The molecule has 1 saturated heterocycles. The van der Waals surface area contributed by atoms with Gasteiger partial charge in [0.1, 0.15) is 11.4 Å². The van der Waals surface area contributed by atoms with Crippen LogP contribution in [0.4, 0.5) is 0 Å². The van der Waals surface area contributed by atoms with E-state index in [1.54, 1.807) is 4.90 Å². The number of benzene rings is 1. The number of likely N-dealkylation sites (tertiary alicyclic amines) is 1. The van der Waals surface area contributed by atoms with Gasteiger partial charge in [0.2, 0.25) is 5.91 Å². The van der Waals surface area contributed by atoms with Crippen molar-refractivity contribution in [3.05, 3.63) is 47.3 Å². The Morgan fingerprint density at radius 1 is 1.17 bits per heavy atom. The fourth-order valence-corrected chi connectivity index (χ4v) is 5.41. The van der Waals surface area contributed by atoms with Crippen LogP contribution < -0.4 is 5.32 Å². The fraction of sp³-hybridized carbons (Fsp3) is 0.556. The second kappa shape index (κ2) is 11.2. The Hall–Kier alpha value is -3.00. The molecule has 0 spiro atoms. The highest BCUT2D eigenvalue weighted by Gasteiger charge is 2.39. The van der Waals surface area contributed by atoms with Crippen molar-refractivity contribution in [2.24, 2.45) is 10.9 Å². The van der Waals surface area contributed by atoms with Gasteiger partial charge in [0, 0.05) is 38.2 Å². The average Bonchev–Trinajstić information content (AvgIpc) is 2.89. The summed E-state index contributed by atoms with van der Waals surface area (Å²) in [4.78, 5) is 33.3. The van der Waals surface area contributed by atoms with Crippen molar-refractivity contribution in [3.8, 4) is 0 Å². The molecule has 0 aromatic heterocycles. The van der Waals surface area contributed by atoms with E-state index >= 15 is 0 Å². The molecular weight excluding hydrogens is 442 g/mol. The number of carbonyl (C=O) groups excluding carboxylic acids is 2. The van der Waals surface area contributed by atoms with E-state index in [1.807, 2.05) is 37.4 Å². The number of piperidine rings is 1. The Bertz CT molecular complexity index is 989. The van der Waals surface area contributed by atoms with Gasteiger partial charge in [-0.05, 0) is 37.7 Å². The van der Waals surface area contributed by atoms with Crippen LogP contribution in [-0.4, -0.2) is 71.1 Å². The minimum absolute atomic E-state index is 0.0787. The van der Waals surface area contributed by atoms with Crippen LogP contribution in [0.15, 0.2) is 46.7 Å². The molecule has 1 aromatic carbocycles. The molecule has 2 heterocycles. The number of amides is 2. The van der Waals surface area contributed by atoms with Crippen molar-refractivity contribution in [1.29, 1.82) is 5.41 Å². The number of carbonyl (C=O) groups is 2. The lowest BCUT2D eigenvalue weighted by atomic mass is 9.85.